The van der Waals surface area contributed by atoms with Gasteiger partial charge in [-0.3, -0.25) is 33.6 Å². The Kier molecular flexibility index (Phi) is 16.6. The molecule has 0 bridgehead atoms. The third-order valence-corrected chi connectivity index (χ3v) is 11.9. The fourth-order valence-corrected chi connectivity index (χ4v) is 8.30. The summed E-state index contributed by atoms with van der Waals surface area (Å²) in [5.41, 5.74) is -3.25. The number of alkyl halides is 4. The van der Waals surface area contributed by atoms with Crippen molar-refractivity contribution < 1.29 is 56.2 Å². The minimum absolute atomic E-state index is 0.0408. The fraction of sp³-hybridized carbons (Fsp3) is 0.683. The quantitative estimate of drug-likeness (QED) is 0.258. The smallest absolute Gasteiger partial charge is 0.373 e. The molecule has 3 aliphatic heterocycles. The first-order valence-electron chi connectivity index (χ1n) is 20.7. The van der Waals surface area contributed by atoms with Gasteiger partial charge in [0.1, 0.15) is 42.4 Å². The van der Waals surface area contributed by atoms with Crippen molar-refractivity contribution in [1.82, 2.24) is 35.6 Å². The highest BCUT2D eigenvalue weighted by atomic mass is 35.5. The predicted octanol–water partition coefficient (Wildman–Crippen LogP) is 2.51. The van der Waals surface area contributed by atoms with Crippen LogP contribution in [-0.2, 0) is 40.0 Å². The topological polar surface area (TPSA) is 189 Å². The van der Waals surface area contributed by atoms with E-state index in [1.807, 2.05) is 13.8 Å². The van der Waals surface area contributed by atoms with E-state index in [9.17, 15) is 56.2 Å². The second kappa shape index (κ2) is 20.6. The molecule has 1 aromatic carbocycles. The summed E-state index contributed by atoms with van der Waals surface area (Å²) in [6.07, 6.45) is -6.19. The normalized spacial score (nSPS) is 26.3. The van der Waals surface area contributed by atoms with E-state index in [0.717, 1.165) is 4.90 Å². The Hall–Kier alpha value is -4.52. The van der Waals surface area contributed by atoms with E-state index >= 15 is 0 Å². The van der Waals surface area contributed by atoms with Gasteiger partial charge in [0.25, 0.3) is 5.91 Å². The maximum atomic E-state index is 14.6. The van der Waals surface area contributed by atoms with Crippen LogP contribution in [0.15, 0.2) is 24.3 Å². The van der Waals surface area contributed by atoms with Crippen LogP contribution in [-0.4, -0.2) is 154 Å². The lowest BCUT2D eigenvalue weighted by Gasteiger charge is -2.36. The lowest BCUT2D eigenvalue weighted by atomic mass is 9.98. The number of halogens is 5. The van der Waals surface area contributed by atoms with Crippen LogP contribution in [0.5, 0.6) is 0 Å². The first-order valence-corrected chi connectivity index (χ1v) is 21.1. The largest absolute Gasteiger partial charge is 0.426 e. The van der Waals surface area contributed by atoms with Crippen LogP contribution >= 0.6 is 11.6 Å². The molecule has 15 nitrogen and oxygen atoms in total. The molecule has 4 N–H and O–H groups in total. The van der Waals surface area contributed by atoms with Gasteiger partial charge in [-0.05, 0) is 75.5 Å². The van der Waals surface area contributed by atoms with Crippen molar-refractivity contribution in [1.29, 1.82) is 0 Å². The highest BCUT2D eigenvalue weighted by molar-refractivity contribution is 6.30. The molecular weight excluding hydrogens is 830 g/mol. The molecule has 3 fully saturated rings. The number of benzene rings is 1. The minimum atomic E-state index is -5.43. The van der Waals surface area contributed by atoms with Crippen LogP contribution in [0.3, 0.4) is 0 Å². The molecular formula is C41H58ClF4N7O8. The highest BCUT2D eigenvalue weighted by Crippen LogP contribution is 2.34. The van der Waals surface area contributed by atoms with Crippen LogP contribution in [0, 0.1) is 5.92 Å². The number of likely N-dealkylation sites (tertiary alicyclic amines) is 1. The standard InChI is InChI=1S/C41H58ClF4N7O8/c1-7-27(48-35(56)31-21-26(43)22-53(31)39(60)40(4,61)41(44,45)46)36(57)50(5)29-14-8-9-16-47-33(54)30-15-11-17-52(30)38(59)32(20-24-12-10-13-25(42)19-24)51(6)37(58)28(18-23(2)3)49-34(29)55/h10,12-13,19,23,26-32,61H,7-9,11,14-18,20-22H2,1-6H3,(H,47,54)(H,48,56)(H,49,55)/t26-,27+,28+,29+,30-,31+,32+,40-/m1/s1. The van der Waals surface area contributed by atoms with Gasteiger partial charge in [0.15, 0.2) is 0 Å². The number of aliphatic hydroxyl groups is 1. The number of rotatable bonds is 10. The Morgan fingerprint density at radius 1 is 1.05 bits per heavy atom. The number of carbonyl (C=O) groups is 7. The summed E-state index contributed by atoms with van der Waals surface area (Å²) < 4.78 is 55.2. The van der Waals surface area contributed by atoms with Gasteiger partial charge in [-0.1, -0.05) is 44.5 Å². The van der Waals surface area contributed by atoms with E-state index in [4.69, 9.17) is 11.6 Å². The Balaban J connectivity index is 1.63. The highest BCUT2D eigenvalue weighted by Gasteiger charge is 2.59. The van der Waals surface area contributed by atoms with Crippen molar-refractivity contribution in [3.8, 4) is 0 Å². The van der Waals surface area contributed by atoms with Crippen molar-refractivity contribution in [3.63, 3.8) is 0 Å². The van der Waals surface area contributed by atoms with E-state index in [-0.39, 0.29) is 51.0 Å². The molecule has 1 aromatic rings. The van der Waals surface area contributed by atoms with Gasteiger partial charge in [0.2, 0.25) is 41.0 Å². The molecule has 0 spiro atoms. The second-order valence-corrected chi connectivity index (χ2v) is 17.2. The summed E-state index contributed by atoms with van der Waals surface area (Å²) in [7, 11) is 2.77. The van der Waals surface area contributed by atoms with Gasteiger partial charge >= 0.3 is 6.18 Å². The monoisotopic (exact) mass is 887 g/mol. The predicted molar refractivity (Wildman–Crippen MR) is 215 cm³/mol. The molecule has 0 unspecified atom stereocenters. The van der Waals surface area contributed by atoms with E-state index in [1.54, 1.807) is 24.3 Å². The average molecular weight is 888 g/mol. The van der Waals surface area contributed by atoms with Crippen LogP contribution in [0.4, 0.5) is 17.6 Å². The lowest BCUT2D eigenvalue weighted by molar-refractivity contribution is -0.250. The van der Waals surface area contributed by atoms with Crippen molar-refractivity contribution in [3.05, 3.63) is 34.9 Å². The second-order valence-electron chi connectivity index (χ2n) is 16.8. The molecule has 61 heavy (non-hydrogen) atoms. The molecule has 8 atom stereocenters. The van der Waals surface area contributed by atoms with Crippen LogP contribution in [0.25, 0.3) is 0 Å². The molecule has 0 saturated carbocycles. The van der Waals surface area contributed by atoms with Gasteiger partial charge in [0, 0.05) is 45.0 Å². The van der Waals surface area contributed by atoms with Gasteiger partial charge in [0.05, 0.1) is 6.54 Å². The number of nitrogens with zero attached hydrogens (tertiary/aromatic N) is 4. The van der Waals surface area contributed by atoms with Gasteiger partial charge in [-0.2, -0.15) is 13.2 Å². The molecule has 0 radical (unpaired) electrons. The maximum Gasteiger partial charge on any atom is 0.426 e. The number of likely N-dealkylation sites (N-methyl/N-ethyl adjacent to an activating group) is 2. The summed E-state index contributed by atoms with van der Waals surface area (Å²) in [6.45, 7) is 5.01. The van der Waals surface area contributed by atoms with Gasteiger partial charge in [-0.25, -0.2) is 4.39 Å². The van der Waals surface area contributed by atoms with Crippen molar-refractivity contribution in [2.45, 2.75) is 140 Å². The summed E-state index contributed by atoms with van der Waals surface area (Å²) >= 11 is 6.28. The molecule has 20 heteroatoms. The Bertz CT molecular complexity index is 1800. The molecule has 3 heterocycles. The van der Waals surface area contributed by atoms with Crippen molar-refractivity contribution in [2.75, 3.05) is 33.7 Å². The molecule has 7 amide bonds. The third kappa shape index (κ3) is 11.7. The van der Waals surface area contributed by atoms with Crippen molar-refractivity contribution >= 4 is 53.0 Å². The first kappa shape index (κ1) is 49.1. The zero-order chi connectivity index (χ0) is 45.6. The first-order chi connectivity index (χ1) is 28.5. The lowest BCUT2D eigenvalue weighted by Crippen LogP contribution is -2.61. The summed E-state index contributed by atoms with van der Waals surface area (Å²) in [6, 6.07) is -0.615. The Morgan fingerprint density at radius 3 is 2.36 bits per heavy atom. The fourth-order valence-electron chi connectivity index (χ4n) is 8.09. The van der Waals surface area contributed by atoms with Gasteiger partial charge in [-0.15, -0.1) is 0 Å². The number of hydrogen-bond acceptors (Lipinski definition) is 8. The van der Waals surface area contributed by atoms with E-state index in [2.05, 4.69) is 16.0 Å². The zero-order valence-corrected chi connectivity index (χ0v) is 36.2. The van der Waals surface area contributed by atoms with Crippen LogP contribution in [0.2, 0.25) is 5.02 Å². The van der Waals surface area contributed by atoms with E-state index < -0.39 is 103 Å². The molecule has 4 rings (SSSR count). The Labute approximate surface area is 358 Å². The number of amides is 7. The SMILES string of the molecule is CC[C@H](NC(=O)[C@@H]1C[C@@H](F)CN1C(=O)[C@@](C)(O)C(F)(F)F)C(=O)N(C)[C@H]1CCCCNC(=O)[C@H]2CCCN2C(=O)[C@H](Cc2cccc(Cl)c2)N(C)C(=O)[C@H](CC(C)C)NC1=O. The van der Waals surface area contributed by atoms with Crippen LogP contribution in [0.1, 0.15) is 84.6 Å². The summed E-state index contributed by atoms with van der Waals surface area (Å²) in [4.78, 5) is 101. The maximum absolute atomic E-state index is 14.6. The zero-order valence-electron chi connectivity index (χ0n) is 35.4. The van der Waals surface area contributed by atoms with E-state index in [1.165, 1.54) is 30.8 Å². The molecule has 0 aromatic heterocycles. The third-order valence-electron chi connectivity index (χ3n) is 11.7. The molecule has 340 valence electrons. The summed E-state index contributed by atoms with van der Waals surface area (Å²) in [5.74, 6) is -6.11. The molecule has 3 saturated heterocycles. The number of carbonyl (C=O) groups excluding carboxylic acids is 7. The number of fused-ring (bicyclic) bond motifs is 1. The Morgan fingerprint density at radius 2 is 1.74 bits per heavy atom. The minimum Gasteiger partial charge on any atom is -0.373 e. The summed E-state index contributed by atoms with van der Waals surface area (Å²) in [5, 5.41) is 18.5. The van der Waals surface area contributed by atoms with E-state index in [0.29, 0.717) is 47.7 Å². The van der Waals surface area contributed by atoms with Crippen molar-refractivity contribution in [2.24, 2.45) is 5.92 Å². The number of nitrogens with one attached hydrogen (secondary N) is 3. The average Bonchev–Trinajstić information content (AvgIpc) is 3.85. The molecule has 3 aliphatic rings. The van der Waals surface area contributed by atoms with Gasteiger partial charge < -0.3 is 40.7 Å². The van der Waals surface area contributed by atoms with Crippen LogP contribution < -0.4 is 16.0 Å². The molecule has 0 aliphatic carbocycles. The number of hydrogen-bond donors (Lipinski definition) is 4.